The number of para-hydroxylation sites is 1. The van der Waals surface area contributed by atoms with Gasteiger partial charge in [-0.25, -0.2) is 9.02 Å². The van der Waals surface area contributed by atoms with E-state index in [4.69, 9.17) is 21.0 Å². The standard InChI is InChI=1S/C18H15ClFN3O3/c1-2-14(25-15-6-4-3-5-13(15)20)18(24)21-17-16(22-26-23-17)11-7-9-12(19)10-8-11/h3-10,14H,2H2,1H3,(H,21,23,24)/t14-/m0/s1. The first kappa shape index (κ1) is 17.9. The van der Waals surface area contributed by atoms with E-state index >= 15 is 0 Å². The fraction of sp³-hybridized carbons (Fsp3) is 0.167. The summed E-state index contributed by atoms with van der Waals surface area (Å²) >= 11 is 5.87. The van der Waals surface area contributed by atoms with Crippen LogP contribution in [-0.4, -0.2) is 22.3 Å². The Morgan fingerprint density at radius 1 is 1.23 bits per heavy atom. The number of hydrogen-bond acceptors (Lipinski definition) is 5. The molecular weight excluding hydrogens is 361 g/mol. The van der Waals surface area contributed by atoms with Gasteiger partial charge >= 0.3 is 0 Å². The van der Waals surface area contributed by atoms with Gasteiger partial charge in [0, 0.05) is 10.6 Å². The molecule has 0 bridgehead atoms. The molecule has 3 rings (SSSR count). The Kier molecular flexibility index (Phi) is 5.48. The Balaban J connectivity index is 1.76. The van der Waals surface area contributed by atoms with Crippen LogP contribution in [0.25, 0.3) is 11.3 Å². The number of anilines is 1. The first-order valence-corrected chi connectivity index (χ1v) is 8.26. The number of carbonyl (C=O) groups excluding carboxylic acids is 1. The summed E-state index contributed by atoms with van der Waals surface area (Å²) in [5, 5.41) is 10.7. The van der Waals surface area contributed by atoms with Crippen LogP contribution in [0.5, 0.6) is 5.75 Å². The SMILES string of the molecule is CC[C@H](Oc1ccccc1F)C(=O)Nc1nonc1-c1ccc(Cl)cc1. The molecule has 6 nitrogen and oxygen atoms in total. The van der Waals surface area contributed by atoms with E-state index in [0.29, 0.717) is 22.7 Å². The van der Waals surface area contributed by atoms with E-state index < -0.39 is 17.8 Å². The van der Waals surface area contributed by atoms with Crippen LogP contribution in [0, 0.1) is 5.82 Å². The summed E-state index contributed by atoms with van der Waals surface area (Å²) in [6.07, 6.45) is -0.566. The summed E-state index contributed by atoms with van der Waals surface area (Å²) in [5.41, 5.74) is 1.03. The third-order valence-corrected chi connectivity index (χ3v) is 3.87. The van der Waals surface area contributed by atoms with Crippen molar-refractivity contribution in [2.75, 3.05) is 5.32 Å². The lowest BCUT2D eigenvalue weighted by Crippen LogP contribution is -2.32. The van der Waals surface area contributed by atoms with Crippen molar-refractivity contribution in [1.29, 1.82) is 0 Å². The molecule has 0 unspecified atom stereocenters. The van der Waals surface area contributed by atoms with Crippen LogP contribution in [0.15, 0.2) is 53.2 Å². The molecular formula is C18H15ClFN3O3. The minimum atomic E-state index is -0.901. The molecule has 0 aliphatic rings. The van der Waals surface area contributed by atoms with Gasteiger partial charge in [0.1, 0.15) is 0 Å². The highest BCUT2D eigenvalue weighted by Crippen LogP contribution is 2.26. The largest absolute Gasteiger partial charge is 0.478 e. The van der Waals surface area contributed by atoms with E-state index in [0.717, 1.165) is 0 Å². The van der Waals surface area contributed by atoms with Crippen LogP contribution in [0.1, 0.15) is 13.3 Å². The Morgan fingerprint density at radius 3 is 2.65 bits per heavy atom. The lowest BCUT2D eigenvalue weighted by molar-refractivity contribution is -0.122. The van der Waals surface area contributed by atoms with Gasteiger partial charge in [0.25, 0.3) is 5.91 Å². The second-order valence-corrected chi connectivity index (χ2v) is 5.84. The summed E-state index contributed by atoms with van der Waals surface area (Å²) in [6.45, 7) is 1.76. The summed E-state index contributed by atoms with van der Waals surface area (Å²) in [5.74, 6) is -0.871. The van der Waals surface area contributed by atoms with E-state index in [1.54, 1.807) is 43.3 Å². The number of amides is 1. The molecule has 1 atom stereocenters. The smallest absolute Gasteiger partial charge is 0.266 e. The van der Waals surface area contributed by atoms with Gasteiger partial charge in [-0.1, -0.05) is 42.8 Å². The topological polar surface area (TPSA) is 77.2 Å². The first-order chi connectivity index (χ1) is 12.6. The third-order valence-electron chi connectivity index (χ3n) is 3.62. The van der Waals surface area contributed by atoms with E-state index in [1.165, 1.54) is 12.1 Å². The number of nitrogens with zero attached hydrogens (tertiary/aromatic N) is 2. The number of nitrogens with one attached hydrogen (secondary N) is 1. The number of halogens is 2. The molecule has 0 fully saturated rings. The van der Waals surface area contributed by atoms with Crippen LogP contribution in [0.4, 0.5) is 10.2 Å². The molecule has 0 saturated carbocycles. The fourth-order valence-corrected chi connectivity index (χ4v) is 2.41. The molecule has 0 radical (unpaired) electrons. The van der Waals surface area contributed by atoms with Gasteiger partial charge in [-0.15, -0.1) is 0 Å². The Labute approximate surface area is 153 Å². The summed E-state index contributed by atoms with van der Waals surface area (Å²) in [4.78, 5) is 12.5. The van der Waals surface area contributed by atoms with Crippen molar-refractivity contribution in [3.05, 3.63) is 59.4 Å². The number of rotatable bonds is 6. The summed E-state index contributed by atoms with van der Waals surface area (Å²) in [6, 6.07) is 12.7. The van der Waals surface area contributed by atoms with Gasteiger partial charge in [0.15, 0.2) is 23.4 Å². The molecule has 0 spiro atoms. The Hall–Kier alpha value is -2.93. The molecule has 0 aliphatic heterocycles. The van der Waals surface area contributed by atoms with Crippen molar-refractivity contribution in [1.82, 2.24) is 10.3 Å². The zero-order valence-electron chi connectivity index (χ0n) is 13.8. The zero-order valence-corrected chi connectivity index (χ0v) is 14.5. The quantitative estimate of drug-likeness (QED) is 0.694. The molecule has 1 N–H and O–H groups in total. The molecule has 0 aliphatic carbocycles. The highest BCUT2D eigenvalue weighted by atomic mass is 35.5. The average Bonchev–Trinajstić information content (AvgIpc) is 3.09. The van der Waals surface area contributed by atoms with Crippen LogP contribution in [0.2, 0.25) is 5.02 Å². The van der Waals surface area contributed by atoms with Gasteiger partial charge in [0.05, 0.1) is 0 Å². The van der Waals surface area contributed by atoms with Gasteiger partial charge < -0.3 is 10.1 Å². The van der Waals surface area contributed by atoms with Crippen LogP contribution >= 0.6 is 11.6 Å². The summed E-state index contributed by atoms with van der Waals surface area (Å²) in [7, 11) is 0. The predicted octanol–water partition coefficient (Wildman–Crippen LogP) is 4.33. The first-order valence-electron chi connectivity index (χ1n) is 7.89. The second kappa shape index (κ2) is 7.97. The minimum absolute atomic E-state index is 0.00528. The van der Waals surface area contributed by atoms with Crippen molar-refractivity contribution in [3.8, 4) is 17.0 Å². The maximum Gasteiger partial charge on any atom is 0.266 e. The van der Waals surface area contributed by atoms with Gasteiger partial charge in [-0.05, 0) is 41.0 Å². The monoisotopic (exact) mass is 375 g/mol. The van der Waals surface area contributed by atoms with Crippen LogP contribution < -0.4 is 10.1 Å². The molecule has 2 aromatic carbocycles. The van der Waals surface area contributed by atoms with Gasteiger partial charge in [-0.3, -0.25) is 4.79 Å². The lowest BCUT2D eigenvalue weighted by Gasteiger charge is -2.16. The van der Waals surface area contributed by atoms with Crippen molar-refractivity contribution in [2.45, 2.75) is 19.4 Å². The molecule has 134 valence electrons. The molecule has 3 aromatic rings. The molecule has 1 aromatic heterocycles. The lowest BCUT2D eigenvalue weighted by atomic mass is 10.1. The van der Waals surface area contributed by atoms with Crippen molar-refractivity contribution in [3.63, 3.8) is 0 Å². The van der Waals surface area contributed by atoms with E-state index in [1.807, 2.05) is 0 Å². The van der Waals surface area contributed by atoms with Crippen molar-refractivity contribution >= 4 is 23.3 Å². The molecule has 0 saturated heterocycles. The maximum atomic E-state index is 13.7. The van der Waals surface area contributed by atoms with Gasteiger partial charge in [0.2, 0.25) is 5.82 Å². The van der Waals surface area contributed by atoms with Gasteiger partial charge in [-0.2, -0.15) is 0 Å². The normalized spacial score (nSPS) is 11.8. The van der Waals surface area contributed by atoms with E-state index in [-0.39, 0.29) is 11.6 Å². The number of ether oxygens (including phenoxy) is 1. The number of carbonyl (C=O) groups is 1. The second-order valence-electron chi connectivity index (χ2n) is 5.40. The number of aromatic nitrogens is 2. The zero-order chi connectivity index (χ0) is 18.5. The Bertz CT molecular complexity index is 899. The number of hydrogen-bond donors (Lipinski definition) is 1. The van der Waals surface area contributed by atoms with Crippen LogP contribution in [-0.2, 0) is 4.79 Å². The molecule has 1 heterocycles. The molecule has 26 heavy (non-hydrogen) atoms. The van der Waals surface area contributed by atoms with E-state index in [9.17, 15) is 9.18 Å². The highest BCUT2D eigenvalue weighted by molar-refractivity contribution is 6.30. The Morgan fingerprint density at radius 2 is 1.96 bits per heavy atom. The average molecular weight is 376 g/mol. The highest BCUT2D eigenvalue weighted by Gasteiger charge is 2.23. The van der Waals surface area contributed by atoms with Crippen molar-refractivity contribution < 1.29 is 18.6 Å². The van der Waals surface area contributed by atoms with Crippen LogP contribution in [0.3, 0.4) is 0 Å². The fourth-order valence-electron chi connectivity index (χ4n) is 2.28. The maximum absolute atomic E-state index is 13.7. The van der Waals surface area contributed by atoms with E-state index in [2.05, 4.69) is 15.6 Å². The minimum Gasteiger partial charge on any atom is -0.478 e. The summed E-state index contributed by atoms with van der Waals surface area (Å²) < 4.78 is 24.0. The van der Waals surface area contributed by atoms with Crippen molar-refractivity contribution in [2.24, 2.45) is 0 Å². The third kappa shape index (κ3) is 4.00. The predicted molar refractivity (Wildman–Crippen MR) is 94.5 cm³/mol. The molecule has 1 amide bonds. The number of benzene rings is 2. The molecule has 8 heteroatoms.